The highest BCUT2D eigenvalue weighted by molar-refractivity contribution is 5.97. The van der Waals surface area contributed by atoms with E-state index in [-0.39, 0.29) is 6.03 Å². The van der Waals surface area contributed by atoms with Crippen LogP contribution in [0.1, 0.15) is 35.6 Å². The van der Waals surface area contributed by atoms with Crippen molar-refractivity contribution in [1.29, 1.82) is 0 Å². The van der Waals surface area contributed by atoms with Gasteiger partial charge in [0.2, 0.25) is 0 Å². The van der Waals surface area contributed by atoms with E-state index in [4.69, 9.17) is 5.84 Å². The van der Waals surface area contributed by atoms with Gasteiger partial charge >= 0.3 is 6.03 Å². The summed E-state index contributed by atoms with van der Waals surface area (Å²) in [5, 5.41) is 5.47. The average Bonchev–Trinajstić information content (AvgIpc) is 3.41. The first-order valence-electron chi connectivity index (χ1n) is 8.46. The van der Waals surface area contributed by atoms with Crippen molar-refractivity contribution in [2.24, 2.45) is 5.84 Å². The Kier molecular flexibility index (Phi) is 3.82. The lowest BCUT2D eigenvalue weighted by atomic mass is 10.1. The molecule has 25 heavy (non-hydrogen) atoms. The van der Waals surface area contributed by atoms with Crippen molar-refractivity contribution in [3.63, 3.8) is 0 Å². The molecule has 1 aromatic carbocycles. The first kappa shape index (κ1) is 15.9. The Bertz CT molecular complexity index is 819. The lowest BCUT2D eigenvalue weighted by molar-refractivity contribution is 0.222. The number of para-hydroxylation sites is 1. The fourth-order valence-electron chi connectivity index (χ4n) is 3.46. The summed E-state index contributed by atoms with van der Waals surface area (Å²) in [5.41, 5.74) is 7.56. The van der Waals surface area contributed by atoms with Crippen LogP contribution in [0.4, 0.5) is 16.2 Å². The van der Waals surface area contributed by atoms with Crippen LogP contribution >= 0.6 is 0 Å². The molecule has 2 aromatic rings. The number of rotatable bonds is 3. The Balaban J connectivity index is 1.78. The molecule has 7 nitrogen and oxygen atoms in total. The smallest absolute Gasteiger partial charge is 0.280 e. The van der Waals surface area contributed by atoms with Crippen LogP contribution in [-0.4, -0.2) is 23.2 Å². The minimum absolute atomic E-state index is 0.364. The summed E-state index contributed by atoms with van der Waals surface area (Å²) in [7, 11) is 1.86. The standard InChI is InChI=1S/C18H22N6O/c1-12-8-9-20-14(10-12)11-23-17-15(13-6-7-13)4-3-5-16(17)24(22(23)2)18(25)21-19/h3-5,8-10,13H,6-7,11,19H2,1-2H3,(H,21,25). The molecule has 0 bridgehead atoms. The molecule has 0 saturated heterocycles. The maximum absolute atomic E-state index is 12.3. The Morgan fingerprint density at radius 3 is 2.84 bits per heavy atom. The topological polar surface area (TPSA) is 77.7 Å². The molecule has 0 spiro atoms. The molecule has 1 aliphatic heterocycles. The molecule has 2 amide bonds. The minimum atomic E-state index is -0.364. The maximum Gasteiger partial charge on any atom is 0.352 e. The molecule has 1 saturated carbocycles. The monoisotopic (exact) mass is 338 g/mol. The van der Waals surface area contributed by atoms with Crippen molar-refractivity contribution in [3.05, 3.63) is 53.3 Å². The van der Waals surface area contributed by atoms with Gasteiger partial charge in [-0.2, -0.15) is 0 Å². The molecular weight excluding hydrogens is 316 g/mol. The number of pyridine rings is 1. The van der Waals surface area contributed by atoms with Crippen LogP contribution in [0.15, 0.2) is 36.5 Å². The van der Waals surface area contributed by atoms with E-state index in [1.54, 1.807) is 5.01 Å². The number of nitrogens with one attached hydrogen (secondary N) is 1. The van der Waals surface area contributed by atoms with Gasteiger partial charge in [0.25, 0.3) is 0 Å². The molecule has 2 aliphatic rings. The number of aryl methyl sites for hydroxylation is 1. The summed E-state index contributed by atoms with van der Waals surface area (Å²) in [4.78, 5) is 16.8. The number of carbonyl (C=O) groups excluding carboxylic acids is 1. The van der Waals surface area contributed by atoms with Crippen molar-refractivity contribution < 1.29 is 4.79 Å². The predicted octanol–water partition coefficient (Wildman–Crippen LogP) is 2.44. The fourth-order valence-corrected chi connectivity index (χ4v) is 3.46. The number of benzene rings is 1. The first-order valence-corrected chi connectivity index (χ1v) is 8.46. The Hall–Kier alpha value is -2.64. The summed E-state index contributed by atoms with van der Waals surface area (Å²) in [6.45, 7) is 2.64. The van der Waals surface area contributed by atoms with Crippen molar-refractivity contribution in [1.82, 2.24) is 15.5 Å². The molecule has 1 aromatic heterocycles. The molecule has 3 N–H and O–H groups in total. The number of amides is 2. The zero-order valence-electron chi connectivity index (χ0n) is 14.4. The van der Waals surface area contributed by atoms with Crippen molar-refractivity contribution in [2.75, 3.05) is 17.1 Å². The third-order valence-corrected chi connectivity index (χ3v) is 4.79. The van der Waals surface area contributed by atoms with Crippen LogP contribution in [0, 0.1) is 6.92 Å². The second kappa shape index (κ2) is 6.02. The Morgan fingerprint density at radius 2 is 2.16 bits per heavy atom. The van der Waals surface area contributed by atoms with Gasteiger partial charge < -0.3 is 0 Å². The van der Waals surface area contributed by atoms with Gasteiger partial charge in [-0.3, -0.25) is 15.4 Å². The highest BCUT2D eigenvalue weighted by Gasteiger charge is 2.40. The van der Waals surface area contributed by atoms with Gasteiger partial charge in [-0.1, -0.05) is 12.1 Å². The van der Waals surface area contributed by atoms with E-state index in [0.29, 0.717) is 12.5 Å². The largest absolute Gasteiger partial charge is 0.352 e. The molecule has 7 heteroatoms. The minimum Gasteiger partial charge on any atom is -0.280 e. The summed E-state index contributed by atoms with van der Waals surface area (Å²) in [5.74, 6) is 5.97. The third kappa shape index (κ3) is 2.71. The van der Waals surface area contributed by atoms with Crippen molar-refractivity contribution in [3.8, 4) is 0 Å². The predicted molar refractivity (Wildman–Crippen MR) is 96.5 cm³/mol. The normalized spacial score (nSPS) is 16.9. The van der Waals surface area contributed by atoms with E-state index in [0.717, 1.165) is 17.1 Å². The Labute approximate surface area is 146 Å². The van der Waals surface area contributed by atoms with E-state index in [9.17, 15) is 4.79 Å². The molecule has 0 atom stereocenters. The molecule has 0 unspecified atom stereocenters. The number of fused-ring (bicyclic) bond motifs is 1. The van der Waals surface area contributed by atoms with Crippen LogP contribution in [0.5, 0.6) is 0 Å². The number of hydrazine groups is 3. The van der Waals surface area contributed by atoms with E-state index in [1.807, 2.05) is 36.6 Å². The fraction of sp³-hybridized carbons (Fsp3) is 0.333. The van der Waals surface area contributed by atoms with Gasteiger partial charge in [0, 0.05) is 13.2 Å². The van der Waals surface area contributed by atoms with Crippen LogP contribution in [0.3, 0.4) is 0 Å². The van der Waals surface area contributed by atoms with Crippen molar-refractivity contribution >= 4 is 17.4 Å². The van der Waals surface area contributed by atoms with Crippen LogP contribution in [0.25, 0.3) is 0 Å². The van der Waals surface area contributed by atoms with Gasteiger partial charge in [0.15, 0.2) is 0 Å². The van der Waals surface area contributed by atoms with Crippen LogP contribution in [-0.2, 0) is 6.54 Å². The first-order chi connectivity index (χ1) is 12.1. The molecule has 1 aliphatic carbocycles. The molecule has 130 valence electrons. The van der Waals surface area contributed by atoms with E-state index >= 15 is 0 Å². The molecular formula is C18H22N6O. The number of nitrogens with two attached hydrogens (primary N) is 1. The average molecular weight is 338 g/mol. The van der Waals surface area contributed by atoms with Gasteiger partial charge in [0.05, 0.1) is 23.6 Å². The number of aromatic nitrogens is 1. The zero-order valence-corrected chi connectivity index (χ0v) is 14.4. The molecule has 0 radical (unpaired) electrons. The summed E-state index contributed by atoms with van der Waals surface area (Å²) in [6, 6.07) is 9.80. The highest BCUT2D eigenvalue weighted by atomic mass is 16.2. The summed E-state index contributed by atoms with van der Waals surface area (Å²) in [6.07, 6.45) is 4.21. The number of urea groups is 1. The number of hydrogen-bond acceptors (Lipinski definition) is 5. The van der Waals surface area contributed by atoms with E-state index < -0.39 is 0 Å². The quantitative estimate of drug-likeness (QED) is 0.511. The summed E-state index contributed by atoms with van der Waals surface area (Å²) >= 11 is 0. The number of anilines is 2. The Morgan fingerprint density at radius 1 is 1.36 bits per heavy atom. The van der Waals surface area contributed by atoms with E-state index in [2.05, 4.69) is 34.5 Å². The number of carbonyl (C=O) groups is 1. The van der Waals surface area contributed by atoms with Crippen LogP contribution < -0.4 is 21.3 Å². The van der Waals surface area contributed by atoms with Gasteiger partial charge in [-0.05, 0) is 55.0 Å². The van der Waals surface area contributed by atoms with E-state index in [1.165, 1.54) is 24.0 Å². The molecule has 4 rings (SSSR count). The maximum atomic E-state index is 12.3. The molecule has 1 fully saturated rings. The number of hydrogen-bond donors (Lipinski definition) is 2. The third-order valence-electron chi connectivity index (χ3n) is 4.79. The lowest BCUT2D eigenvalue weighted by Crippen LogP contribution is -2.53. The van der Waals surface area contributed by atoms with Gasteiger partial charge in [0.1, 0.15) is 0 Å². The number of nitrogens with zero attached hydrogens (tertiary/aromatic N) is 4. The van der Waals surface area contributed by atoms with Crippen molar-refractivity contribution in [2.45, 2.75) is 32.2 Å². The zero-order chi connectivity index (χ0) is 17.6. The second-order valence-electron chi connectivity index (χ2n) is 6.62. The highest BCUT2D eigenvalue weighted by Crippen LogP contribution is 2.50. The molecule has 2 heterocycles. The van der Waals surface area contributed by atoms with Gasteiger partial charge in [-0.15, -0.1) is 5.12 Å². The van der Waals surface area contributed by atoms with Gasteiger partial charge in [-0.25, -0.2) is 15.6 Å². The SMILES string of the molecule is Cc1ccnc(CN2c3c(C4CC4)cccc3N(C(=O)NN)N2C)c1. The summed E-state index contributed by atoms with van der Waals surface area (Å²) < 4.78 is 0. The second-order valence-corrected chi connectivity index (χ2v) is 6.62. The lowest BCUT2D eigenvalue weighted by Gasteiger charge is -2.31. The van der Waals surface area contributed by atoms with Crippen LogP contribution in [0.2, 0.25) is 0 Å².